The van der Waals surface area contributed by atoms with Gasteiger partial charge in [-0.3, -0.25) is 4.79 Å². The molecule has 0 radical (unpaired) electrons. The van der Waals surface area contributed by atoms with Gasteiger partial charge in [0.25, 0.3) is 0 Å². The number of benzene rings is 4. The number of aryl methyl sites for hydroxylation is 1. The highest BCUT2D eigenvalue weighted by atomic mass is 32.2. The first kappa shape index (κ1) is 27.8. The zero-order valence-electron chi connectivity index (χ0n) is 21.4. The second-order valence-corrected chi connectivity index (χ2v) is 11.0. The van der Waals surface area contributed by atoms with E-state index in [0.717, 1.165) is 11.1 Å². The minimum atomic E-state index is -4.16. The largest absolute Gasteiger partial charge is 0.480 e. The van der Waals surface area contributed by atoms with Crippen molar-refractivity contribution in [3.8, 4) is 0 Å². The molecule has 4 rings (SSSR count). The van der Waals surface area contributed by atoms with E-state index in [1.54, 1.807) is 36.4 Å². The Kier molecular flexibility index (Phi) is 8.91. The van der Waals surface area contributed by atoms with Crippen molar-refractivity contribution >= 4 is 21.9 Å². The summed E-state index contributed by atoms with van der Waals surface area (Å²) in [6, 6.07) is 30.8. The van der Waals surface area contributed by atoms with E-state index in [2.05, 4.69) is 10.0 Å². The fraction of sp³-hybridized carbons (Fsp3) is 0.161. The van der Waals surface area contributed by atoms with Crippen LogP contribution in [0.5, 0.6) is 0 Å². The van der Waals surface area contributed by atoms with Crippen molar-refractivity contribution in [3.05, 3.63) is 138 Å². The molecule has 200 valence electrons. The number of sulfonamides is 1. The molecule has 8 heteroatoms. The molecule has 0 aliphatic carbocycles. The van der Waals surface area contributed by atoms with Crippen molar-refractivity contribution < 1.29 is 23.1 Å². The van der Waals surface area contributed by atoms with Crippen molar-refractivity contribution in [1.82, 2.24) is 10.0 Å². The number of nitrogens with one attached hydrogen (secondary N) is 2. The molecule has 0 aliphatic heterocycles. The SMILES string of the molecule is Cc1ccc(S(=O)(=O)N[C@H](C(=O)N[C@@H](Cc2ccccc2)C(=O)O)C(c2ccccc2)c2ccccc2)cc1. The molecule has 4 aromatic carbocycles. The quantitative estimate of drug-likeness (QED) is 0.262. The molecule has 0 bridgehead atoms. The van der Waals surface area contributed by atoms with E-state index in [1.807, 2.05) is 73.7 Å². The van der Waals surface area contributed by atoms with E-state index < -0.39 is 39.9 Å². The predicted molar refractivity (Wildman–Crippen MR) is 150 cm³/mol. The van der Waals surface area contributed by atoms with Crippen LogP contribution in [0.2, 0.25) is 0 Å². The van der Waals surface area contributed by atoms with Crippen LogP contribution in [-0.4, -0.2) is 37.5 Å². The number of aliphatic carboxylic acids is 1. The fourth-order valence-electron chi connectivity index (χ4n) is 4.44. The van der Waals surface area contributed by atoms with Crippen molar-refractivity contribution in [2.24, 2.45) is 0 Å². The molecule has 2 atom stereocenters. The van der Waals surface area contributed by atoms with E-state index in [-0.39, 0.29) is 11.3 Å². The summed E-state index contributed by atoms with van der Waals surface area (Å²) in [6.07, 6.45) is 0.0423. The minimum absolute atomic E-state index is 0.00448. The Morgan fingerprint density at radius 2 is 1.23 bits per heavy atom. The molecule has 4 aromatic rings. The average molecular weight is 543 g/mol. The van der Waals surface area contributed by atoms with Gasteiger partial charge in [-0.25, -0.2) is 13.2 Å². The van der Waals surface area contributed by atoms with Crippen LogP contribution in [0.3, 0.4) is 0 Å². The van der Waals surface area contributed by atoms with Gasteiger partial charge in [-0.1, -0.05) is 109 Å². The Morgan fingerprint density at radius 3 is 1.72 bits per heavy atom. The number of hydrogen-bond acceptors (Lipinski definition) is 4. The molecule has 0 unspecified atom stereocenters. The molecule has 0 aliphatic rings. The Labute approximate surface area is 228 Å². The van der Waals surface area contributed by atoms with Gasteiger partial charge in [-0.2, -0.15) is 4.72 Å². The summed E-state index contributed by atoms with van der Waals surface area (Å²) in [6.45, 7) is 1.85. The first-order chi connectivity index (χ1) is 18.7. The minimum Gasteiger partial charge on any atom is -0.480 e. The third-order valence-electron chi connectivity index (χ3n) is 6.44. The highest BCUT2D eigenvalue weighted by Crippen LogP contribution is 2.29. The zero-order chi connectivity index (χ0) is 27.8. The monoisotopic (exact) mass is 542 g/mol. The molecule has 0 saturated carbocycles. The van der Waals surface area contributed by atoms with Crippen LogP contribution in [0.25, 0.3) is 0 Å². The Morgan fingerprint density at radius 1 is 0.744 bits per heavy atom. The van der Waals surface area contributed by atoms with Crippen molar-refractivity contribution in [2.75, 3.05) is 0 Å². The maximum Gasteiger partial charge on any atom is 0.326 e. The summed E-state index contributed by atoms with van der Waals surface area (Å²) < 4.78 is 29.7. The van der Waals surface area contributed by atoms with Crippen LogP contribution in [0, 0.1) is 6.92 Å². The average Bonchev–Trinajstić information content (AvgIpc) is 2.94. The topological polar surface area (TPSA) is 113 Å². The van der Waals surface area contributed by atoms with Gasteiger partial charge < -0.3 is 10.4 Å². The number of carbonyl (C=O) groups excluding carboxylic acids is 1. The van der Waals surface area contributed by atoms with Crippen molar-refractivity contribution in [1.29, 1.82) is 0 Å². The molecule has 0 aromatic heterocycles. The fourth-order valence-corrected chi connectivity index (χ4v) is 5.64. The summed E-state index contributed by atoms with van der Waals surface area (Å²) in [5.41, 5.74) is 3.01. The second kappa shape index (κ2) is 12.5. The zero-order valence-corrected chi connectivity index (χ0v) is 22.2. The normalized spacial score (nSPS) is 13.0. The van der Waals surface area contributed by atoms with Crippen molar-refractivity contribution in [2.45, 2.75) is 36.2 Å². The smallest absolute Gasteiger partial charge is 0.326 e. The van der Waals surface area contributed by atoms with E-state index in [0.29, 0.717) is 11.1 Å². The summed E-state index contributed by atoms with van der Waals surface area (Å²) in [5.74, 6) is -2.70. The van der Waals surface area contributed by atoms with Crippen molar-refractivity contribution in [3.63, 3.8) is 0 Å². The third kappa shape index (κ3) is 7.19. The summed E-state index contributed by atoms with van der Waals surface area (Å²) in [7, 11) is -4.16. The van der Waals surface area contributed by atoms with Crippen LogP contribution in [0.4, 0.5) is 0 Å². The second-order valence-electron chi connectivity index (χ2n) is 9.30. The lowest BCUT2D eigenvalue weighted by Gasteiger charge is -2.29. The number of carbonyl (C=O) groups is 2. The van der Waals surface area contributed by atoms with Gasteiger partial charge in [-0.05, 0) is 35.7 Å². The third-order valence-corrected chi connectivity index (χ3v) is 7.90. The molecule has 0 fully saturated rings. The Hall–Kier alpha value is -4.27. The predicted octanol–water partition coefficient (Wildman–Crippen LogP) is 4.29. The van der Waals surface area contributed by atoms with E-state index in [4.69, 9.17) is 0 Å². The molecule has 0 saturated heterocycles. The lowest BCUT2D eigenvalue weighted by molar-refractivity contribution is -0.142. The van der Waals surface area contributed by atoms with E-state index >= 15 is 0 Å². The summed E-state index contributed by atoms with van der Waals surface area (Å²) in [4.78, 5) is 26.1. The highest BCUT2D eigenvalue weighted by molar-refractivity contribution is 7.89. The molecule has 0 heterocycles. The summed E-state index contributed by atoms with van der Waals surface area (Å²) >= 11 is 0. The number of hydrogen-bond donors (Lipinski definition) is 3. The summed E-state index contributed by atoms with van der Waals surface area (Å²) in [5, 5.41) is 12.5. The molecular formula is C31H30N2O5S. The van der Waals surface area contributed by atoms with Crippen LogP contribution < -0.4 is 10.0 Å². The number of carboxylic acids is 1. The molecule has 39 heavy (non-hydrogen) atoms. The maximum atomic E-state index is 13.9. The molecule has 3 N–H and O–H groups in total. The van der Waals surface area contributed by atoms with Gasteiger partial charge in [0.15, 0.2) is 0 Å². The molecular weight excluding hydrogens is 512 g/mol. The highest BCUT2D eigenvalue weighted by Gasteiger charge is 2.36. The van der Waals surface area contributed by atoms with Crippen LogP contribution in [0.1, 0.15) is 28.2 Å². The number of rotatable bonds is 11. The van der Waals surface area contributed by atoms with Gasteiger partial charge in [0.05, 0.1) is 4.90 Å². The van der Waals surface area contributed by atoms with Gasteiger partial charge in [0.2, 0.25) is 15.9 Å². The lowest BCUT2D eigenvalue weighted by Crippen LogP contribution is -2.54. The van der Waals surface area contributed by atoms with Crippen LogP contribution >= 0.6 is 0 Å². The van der Waals surface area contributed by atoms with Gasteiger partial charge in [-0.15, -0.1) is 0 Å². The van der Waals surface area contributed by atoms with E-state index in [9.17, 15) is 23.1 Å². The van der Waals surface area contributed by atoms with Gasteiger partial charge >= 0.3 is 5.97 Å². The first-order valence-corrected chi connectivity index (χ1v) is 14.0. The van der Waals surface area contributed by atoms with Crippen LogP contribution in [-0.2, 0) is 26.0 Å². The Balaban J connectivity index is 1.76. The molecule has 7 nitrogen and oxygen atoms in total. The van der Waals surface area contributed by atoms with Gasteiger partial charge in [0, 0.05) is 12.3 Å². The molecule has 1 amide bonds. The Bertz CT molecular complexity index is 1450. The number of amides is 1. The van der Waals surface area contributed by atoms with E-state index in [1.165, 1.54) is 12.1 Å². The van der Waals surface area contributed by atoms with Gasteiger partial charge in [0.1, 0.15) is 12.1 Å². The maximum absolute atomic E-state index is 13.9. The first-order valence-electron chi connectivity index (χ1n) is 12.5. The number of carboxylic acid groups (broad SMARTS) is 1. The lowest BCUT2D eigenvalue weighted by atomic mass is 9.85. The molecule has 0 spiro atoms. The standard InChI is InChI=1S/C31H30N2O5S/c1-22-17-19-26(20-18-22)39(37,38)33-29(28(24-13-7-3-8-14-24)25-15-9-4-10-16-25)30(34)32-27(31(35)36)21-23-11-5-2-6-12-23/h2-20,27-29,33H,21H2,1H3,(H,32,34)(H,35,36)/t27-,29-/m0/s1. The van der Waals surface area contributed by atoms with Crippen LogP contribution in [0.15, 0.2) is 120 Å².